The van der Waals surface area contributed by atoms with Crippen molar-refractivity contribution in [3.8, 4) is 10.7 Å². The van der Waals surface area contributed by atoms with Gasteiger partial charge in [-0.05, 0) is 30.3 Å². The Bertz CT molecular complexity index is 526. The molecule has 0 spiro atoms. The van der Waals surface area contributed by atoms with Crippen LogP contribution < -0.4 is 0 Å². The van der Waals surface area contributed by atoms with Gasteiger partial charge in [-0.1, -0.05) is 18.1 Å². The van der Waals surface area contributed by atoms with Crippen molar-refractivity contribution >= 4 is 11.3 Å². The molecular weight excluding hydrogens is 262 g/mol. The lowest BCUT2D eigenvalue weighted by Crippen LogP contribution is -2.42. The monoisotopic (exact) mass is 279 g/mol. The largest absolute Gasteiger partial charge is 0.392 e. The summed E-state index contributed by atoms with van der Waals surface area (Å²) in [5.74, 6) is 1.64. The van der Waals surface area contributed by atoms with Crippen LogP contribution in [0.2, 0.25) is 0 Å². The summed E-state index contributed by atoms with van der Waals surface area (Å²) in [7, 11) is 0. The minimum Gasteiger partial charge on any atom is -0.392 e. The van der Waals surface area contributed by atoms with Crippen molar-refractivity contribution in [3.63, 3.8) is 0 Å². The lowest BCUT2D eigenvalue weighted by molar-refractivity contribution is 0.0220. The van der Waals surface area contributed by atoms with Crippen LogP contribution in [-0.4, -0.2) is 39.3 Å². The zero-order chi connectivity index (χ0) is 13.2. The van der Waals surface area contributed by atoms with Crippen LogP contribution >= 0.6 is 11.3 Å². The second-order valence-corrected chi connectivity index (χ2v) is 6.01. The van der Waals surface area contributed by atoms with E-state index in [0.29, 0.717) is 30.7 Å². The zero-order valence-corrected chi connectivity index (χ0v) is 11.6. The van der Waals surface area contributed by atoms with Gasteiger partial charge < -0.3 is 9.63 Å². The van der Waals surface area contributed by atoms with E-state index in [1.807, 2.05) is 17.5 Å². The summed E-state index contributed by atoms with van der Waals surface area (Å²) in [5, 5.41) is 15.9. The molecule has 3 rings (SSSR count). The number of thiophene rings is 1. The number of hydrogen-bond donors (Lipinski definition) is 1. The number of rotatable bonds is 3. The van der Waals surface area contributed by atoms with Gasteiger partial charge in [-0.15, -0.1) is 11.3 Å². The summed E-state index contributed by atoms with van der Waals surface area (Å²) in [6, 6.07) is 3.95. The zero-order valence-electron chi connectivity index (χ0n) is 10.8. The van der Waals surface area contributed by atoms with Gasteiger partial charge in [0.1, 0.15) is 0 Å². The summed E-state index contributed by atoms with van der Waals surface area (Å²) < 4.78 is 5.28. The van der Waals surface area contributed by atoms with E-state index in [4.69, 9.17) is 4.52 Å². The molecular formula is C13H17N3O2S. The molecule has 5 nitrogen and oxygen atoms in total. The molecule has 0 aliphatic carbocycles. The van der Waals surface area contributed by atoms with Crippen LogP contribution in [-0.2, 0) is 6.54 Å². The lowest BCUT2D eigenvalue weighted by Gasteiger charge is -2.33. The molecule has 1 aliphatic heterocycles. The predicted octanol–water partition coefficient (Wildman–Crippen LogP) is 2.00. The Morgan fingerprint density at radius 1 is 1.58 bits per heavy atom. The Hall–Kier alpha value is -1.24. The summed E-state index contributed by atoms with van der Waals surface area (Å²) >= 11 is 1.60. The van der Waals surface area contributed by atoms with Crippen LogP contribution in [0.3, 0.4) is 0 Å². The SMILES string of the molecule is CC1CCN(Cc2nc(-c3cccs3)no2)CC1O. The van der Waals surface area contributed by atoms with E-state index in [9.17, 15) is 5.11 Å². The van der Waals surface area contributed by atoms with Gasteiger partial charge in [0.05, 0.1) is 17.5 Å². The van der Waals surface area contributed by atoms with Crippen molar-refractivity contribution in [1.29, 1.82) is 0 Å². The molecule has 2 aromatic rings. The Kier molecular flexibility index (Phi) is 3.63. The number of piperidine rings is 1. The van der Waals surface area contributed by atoms with Gasteiger partial charge in [0.25, 0.3) is 0 Å². The van der Waals surface area contributed by atoms with E-state index in [-0.39, 0.29) is 6.10 Å². The van der Waals surface area contributed by atoms with Crippen LogP contribution in [0, 0.1) is 5.92 Å². The van der Waals surface area contributed by atoms with Gasteiger partial charge in [-0.25, -0.2) is 0 Å². The summed E-state index contributed by atoms with van der Waals surface area (Å²) in [6.07, 6.45) is 0.751. The molecule has 2 unspecified atom stereocenters. The summed E-state index contributed by atoms with van der Waals surface area (Å²) in [4.78, 5) is 7.58. The maximum Gasteiger partial charge on any atom is 0.241 e. The lowest BCUT2D eigenvalue weighted by atomic mass is 9.96. The number of aliphatic hydroxyl groups excluding tert-OH is 1. The average molecular weight is 279 g/mol. The smallest absolute Gasteiger partial charge is 0.241 e. The maximum atomic E-state index is 9.87. The van der Waals surface area contributed by atoms with E-state index in [1.54, 1.807) is 11.3 Å². The highest BCUT2D eigenvalue weighted by Crippen LogP contribution is 2.23. The second kappa shape index (κ2) is 5.40. The number of nitrogens with zero attached hydrogens (tertiary/aromatic N) is 3. The topological polar surface area (TPSA) is 62.4 Å². The first kappa shape index (κ1) is 12.8. The van der Waals surface area contributed by atoms with E-state index < -0.39 is 0 Å². The normalized spacial score (nSPS) is 24.7. The van der Waals surface area contributed by atoms with Gasteiger partial charge in [0.2, 0.25) is 11.7 Å². The number of likely N-dealkylation sites (tertiary alicyclic amines) is 1. The molecule has 0 saturated carbocycles. The molecule has 0 radical (unpaired) electrons. The third-order valence-corrected chi connectivity index (χ3v) is 4.44. The van der Waals surface area contributed by atoms with Crippen LogP contribution in [0.15, 0.2) is 22.0 Å². The second-order valence-electron chi connectivity index (χ2n) is 5.06. The predicted molar refractivity (Wildman–Crippen MR) is 72.7 cm³/mol. The van der Waals surface area contributed by atoms with Gasteiger partial charge in [-0.2, -0.15) is 4.98 Å². The van der Waals surface area contributed by atoms with E-state index in [1.165, 1.54) is 0 Å². The summed E-state index contributed by atoms with van der Waals surface area (Å²) in [5.41, 5.74) is 0. The summed E-state index contributed by atoms with van der Waals surface area (Å²) in [6.45, 7) is 4.35. The Labute approximate surface area is 115 Å². The Morgan fingerprint density at radius 2 is 2.47 bits per heavy atom. The van der Waals surface area contributed by atoms with Gasteiger partial charge in [0, 0.05) is 6.54 Å². The van der Waals surface area contributed by atoms with Crippen molar-refractivity contribution in [1.82, 2.24) is 15.0 Å². The highest BCUT2D eigenvalue weighted by molar-refractivity contribution is 7.13. The Balaban J connectivity index is 1.64. The van der Waals surface area contributed by atoms with Crippen molar-refractivity contribution < 1.29 is 9.63 Å². The molecule has 1 aliphatic rings. The maximum absolute atomic E-state index is 9.87. The first-order valence-corrected chi connectivity index (χ1v) is 7.37. The minimum atomic E-state index is -0.256. The van der Waals surface area contributed by atoms with Crippen LogP contribution in [0.1, 0.15) is 19.2 Å². The molecule has 1 saturated heterocycles. The third-order valence-electron chi connectivity index (χ3n) is 3.57. The van der Waals surface area contributed by atoms with Crippen LogP contribution in [0.25, 0.3) is 10.7 Å². The Morgan fingerprint density at radius 3 is 3.21 bits per heavy atom. The molecule has 2 aromatic heterocycles. The highest BCUT2D eigenvalue weighted by atomic mass is 32.1. The number of aliphatic hydroxyl groups is 1. The first-order chi connectivity index (χ1) is 9.22. The van der Waals surface area contributed by atoms with Gasteiger partial charge in [0.15, 0.2) is 0 Å². The molecule has 0 aromatic carbocycles. The molecule has 0 amide bonds. The fraction of sp³-hybridized carbons (Fsp3) is 0.538. The van der Waals surface area contributed by atoms with Crippen LogP contribution in [0.4, 0.5) is 0 Å². The van der Waals surface area contributed by atoms with E-state index in [0.717, 1.165) is 17.8 Å². The molecule has 19 heavy (non-hydrogen) atoms. The fourth-order valence-corrected chi connectivity index (χ4v) is 2.92. The molecule has 3 heterocycles. The number of hydrogen-bond acceptors (Lipinski definition) is 6. The van der Waals surface area contributed by atoms with Crippen molar-refractivity contribution in [2.45, 2.75) is 26.0 Å². The van der Waals surface area contributed by atoms with Gasteiger partial charge in [-0.3, -0.25) is 4.90 Å². The fourth-order valence-electron chi connectivity index (χ4n) is 2.27. The molecule has 0 bridgehead atoms. The number of β-amino-alcohol motifs (C(OH)–C–C–N with tert-alkyl or cyclic N) is 1. The van der Waals surface area contributed by atoms with E-state index >= 15 is 0 Å². The standard InChI is InChI=1S/C13H17N3O2S/c1-9-4-5-16(7-10(9)17)8-12-14-13(15-18-12)11-3-2-6-19-11/h2-3,6,9-10,17H,4-5,7-8H2,1H3. The van der Waals surface area contributed by atoms with Crippen molar-refractivity contribution in [2.75, 3.05) is 13.1 Å². The van der Waals surface area contributed by atoms with Crippen LogP contribution in [0.5, 0.6) is 0 Å². The third kappa shape index (κ3) is 2.86. The minimum absolute atomic E-state index is 0.256. The van der Waals surface area contributed by atoms with Crippen molar-refractivity contribution in [2.24, 2.45) is 5.92 Å². The average Bonchev–Trinajstić information content (AvgIpc) is 3.04. The van der Waals surface area contributed by atoms with E-state index in [2.05, 4.69) is 22.0 Å². The molecule has 2 atom stereocenters. The van der Waals surface area contributed by atoms with Gasteiger partial charge >= 0.3 is 0 Å². The molecule has 6 heteroatoms. The highest BCUT2D eigenvalue weighted by Gasteiger charge is 2.25. The molecule has 1 N–H and O–H groups in total. The van der Waals surface area contributed by atoms with Crippen molar-refractivity contribution in [3.05, 3.63) is 23.4 Å². The number of aromatic nitrogens is 2. The first-order valence-electron chi connectivity index (χ1n) is 6.49. The molecule has 102 valence electrons. The quantitative estimate of drug-likeness (QED) is 0.931. The molecule has 1 fully saturated rings.